The number of amidine groups is 1. The first-order valence-corrected chi connectivity index (χ1v) is 6.03. The highest BCUT2D eigenvalue weighted by molar-refractivity contribution is 8.14. The van der Waals surface area contributed by atoms with Gasteiger partial charge in [0.1, 0.15) is 0 Å². The monoisotopic (exact) mass is 213 g/mol. The van der Waals surface area contributed by atoms with Crippen molar-refractivity contribution in [3.8, 4) is 0 Å². The molecule has 14 heavy (non-hydrogen) atoms. The first-order chi connectivity index (χ1) is 6.86. The molecule has 2 aliphatic heterocycles. The van der Waals surface area contributed by atoms with Gasteiger partial charge in [-0.3, -0.25) is 9.79 Å². The molecule has 2 rings (SSSR count). The molecule has 0 aromatic carbocycles. The summed E-state index contributed by atoms with van der Waals surface area (Å²) in [5, 5.41) is 6.92. The fraction of sp³-hybridized carbons (Fsp3) is 0.778. The van der Waals surface area contributed by atoms with E-state index in [-0.39, 0.29) is 11.8 Å². The molecule has 0 aliphatic carbocycles. The van der Waals surface area contributed by atoms with Crippen molar-refractivity contribution >= 4 is 22.8 Å². The van der Waals surface area contributed by atoms with Crippen molar-refractivity contribution in [1.29, 1.82) is 0 Å². The van der Waals surface area contributed by atoms with Gasteiger partial charge in [0.25, 0.3) is 0 Å². The molecule has 1 atom stereocenters. The molecule has 1 fully saturated rings. The van der Waals surface area contributed by atoms with Crippen LogP contribution in [-0.2, 0) is 4.79 Å². The van der Waals surface area contributed by atoms with Gasteiger partial charge in [0.2, 0.25) is 5.91 Å². The molecule has 1 amide bonds. The average molecular weight is 213 g/mol. The van der Waals surface area contributed by atoms with Crippen molar-refractivity contribution in [3.05, 3.63) is 0 Å². The van der Waals surface area contributed by atoms with Crippen LogP contribution in [0, 0.1) is 5.92 Å². The molecule has 2 heterocycles. The standard InChI is InChI=1S/C9H15N3OS/c13-8(7-2-1-3-10-6-7)12-9-11-4-5-14-9/h7,10H,1-6H2,(H,11,12,13)/t7-/m1/s1. The molecule has 0 radical (unpaired) electrons. The number of hydrogen-bond donors (Lipinski definition) is 2. The lowest BCUT2D eigenvalue weighted by atomic mass is 9.99. The van der Waals surface area contributed by atoms with Crippen molar-refractivity contribution in [2.45, 2.75) is 12.8 Å². The molecular formula is C9H15N3OS. The quantitative estimate of drug-likeness (QED) is 0.654. The third-order valence-electron chi connectivity index (χ3n) is 2.48. The summed E-state index contributed by atoms with van der Waals surface area (Å²) in [6, 6.07) is 0. The normalized spacial score (nSPS) is 27.1. The van der Waals surface area contributed by atoms with Crippen LogP contribution in [-0.4, -0.2) is 36.5 Å². The summed E-state index contributed by atoms with van der Waals surface area (Å²) in [6.07, 6.45) is 2.09. The molecule has 0 aromatic heterocycles. The molecule has 5 heteroatoms. The van der Waals surface area contributed by atoms with Gasteiger partial charge >= 0.3 is 0 Å². The van der Waals surface area contributed by atoms with E-state index in [4.69, 9.17) is 0 Å². The smallest absolute Gasteiger partial charge is 0.230 e. The van der Waals surface area contributed by atoms with Crippen LogP contribution in [0.3, 0.4) is 0 Å². The number of hydrogen-bond acceptors (Lipinski definition) is 4. The summed E-state index contributed by atoms with van der Waals surface area (Å²) >= 11 is 1.63. The second kappa shape index (κ2) is 4.79. The Morgan fingerprint density at radius 3 is 3.21 bits per heavy atom. The minimum Gasteiger partial charge on any atom is -0.316 e. The number of carbonyl (C=O) groups is 1. The summed E-state index contributed by atoms with van der Waals surface area (Å²) in [4.78, 5) is 15.9. The Morgan fingerprint density at radius 1 is 1.64 bits per heavy atom. The van der Waals surface area contributed by atoms with Gasteiger partial charge in [-0.2, -0.15) is 0 Å². The van der Waals surface area contributed by atoms with Gasteiger partial charge in [-0.05, 0) is 19.4 Å². The van der Waals surface area contributed by atoms with E-state index in [2.05, 4.69) is 15.6 Å². The van der Waals surface area contributed by atoms with Gasteiger partial charge in [0, 0.05) is 12.3 Å². The highest BCUT2D eigenvalue weighted by Crippen LogP contribution is 2.13. The molecular weight excluding hydrogens is 198 g/mol. The lowest BCUT2D eigenvalue weighted by molar-refractivity contribution is -0.123. The zero-order chi connectivity index (χ0) is 9.80. The predicted molar refractivity (Wildman–Crippen MR) is 58.5 cm³/mol. The second-order valence-corrected chi connectivity index (χ2v) is 4.65. The highest BCUT2D eigenvalue weighted by Gasteiger charge is 2.22. The van der Waals surface area contributed by atoms with Gasteiger partial charge in [-0.15, -0.1) is 0 Å². The van der Waals surface area contributed by atoms with E-state index in [0.29, 0.717) is 0 Å². The van der Waals surface area contributed by atoms with E-state index < -0.39 is 0 Å². The van der Waals surface area contributed by atoms with E-state index in [1.54, 1.807) is 11.8 Å². The summed E-state index contributed by atoms with van der Waals surface area (Å²) in [7, 11) is 0. The van der Waals surface area contributed by atoms with Crippen LogP contribution >= 0.6 is 11.8 Å². The van der Waals surface area contributed by atoms with E-state index in [1.165, 1.54) is 0 Å². The molecule has 78 valence electrons. The SMILES string of the molecule is O=C(NC1=NCCS1)[C@@H]1CCCNC1. The number of nitrogens with one attached hydrogen (secondary N) is 2. The molecule has 0 aromatic rings. The van der Waals surface area contributed by atoms with Crippen LogP contribution in [0.2, 0.25) is 0 Å². The summed E-state index contributed by atoms with van der Waals surface area (Å²) in [5.41, 5.74) is 0. The zero-order valence-electron chi connectivity index (χ0n) is 8.08. The van der Waals surface area contributed by atoms with E-state index in [1.807, 2.05) is 0 Å². The summed E-state index contributed by atoms with van der Waals surface area (Å²) in [6.45, 7) is 2.69. The third-order valence-corrected chi connectivity index (χ3v) is 3.37. The number of amides is 1. The Balaban J connectivity index is 1.81. The summed E-state index contributed by atoms with van der Waals surface area (Å²) in [5.74, 6) is 1.26. The Kier molecular flexibility index (Phi) is 3.42. The van der Waals surface area contributed by atoms with E-state index in [9.17, 15) is 4.79 Å². The maximum atomic E-state index is 11.7. The topological polar surface area (TPSA) is 53.5 Å². The fourth-order valence-corrected chi connectivity index (χ4v) is 2.43. The van der Waals surface area contributed by atoms with Crippen LogP contribution < -0.4 is 10.6 Å². The van der Waals surface area contributed by atoms with Crippen LogP contribution in [0.5, 0.6) is 0 Å². The molecule has 1 saturated heterocycles. The summed E-state index contributed by atoms with van der Waals surface area (Å²) < 4.78 is 0. The van der Waals surface area contributed by atoms with E-state index in [0.717, 1.165) is 43.4 Å². The van der Waals surface area contributed by atoms with Gasteiger partial charge in [-0.1, -0.05) is 11.8 Å². The fourth-order valence-electron chi connectivity index (χ4n) is 1.69. The average Bonchev–Trinajstić information content (AvgIpc) is 2.72. The Labute approximate surface area is 87.9 Å². The maximum Gasteiger partial charge on any atom is 0.230 e. The number of carbonyl (C=O) groups excluding carboxylic acids is 1. The minimum atomic E-state index is 0.130. The first-order valence-electron chi connectivity index (χ1n) is 5.05. The van der Waals surface area contributed by atoms with Crippen LogP contribution in [0.15, 0.2) is 4.99 Å². The molecule has 2 aliphatic rings. The lowest BCUT2D eigenvalue weighted by Crippen LogP contribution is -2.41. The minimum absolute atomic E-state index is 0.130. The van der Waals surface area contributed by atoms with Crippen LogP contribution in [0.1, 0.15) is 12.8 Å². The van der Waals surface area contributed by atoms with Crippen molar-refractivity contribution in [3.63, 3.8) is 0 Å². The molecule has 0 spiro atoms. The number of piperidine rings is 1. The number of nitrogens with zero attached hydrogens (tertiary/aromatic N) is 1. The Hall–Kier alpha value is -0.550. The predicted octanol–water partition coefficient (Wildman–Crippen LogP) is 0.205. The number of aliphatic imine (C=N–C) groups is 1. The molecule has 0 saturated carbocycles. The molecule has 0 unspecified atom stereocenters. The second-order valence-electron chi connectivity index (χ2n) is 3.57. The van der Waals surface area contributed by atoms with Crippen molar-refractivity contribution in [2.75, 3.05) is 25.4 Å². The van der Waals surface area contributed by atoms with Gasteiger partial charge in [-0.25, -0.2) is 0 Å². The maximum absolute atomic E-state index is 11.7. The number of rotatable bonds is 1. The number of thioether (sulfide) groups is 1. The Bertz CT molecular complexity index is 248. The van der Waals surface area contributed by atoms with Gasteiger partial charge in [0.05, 0.1) is 12.5 Å². The molecule has 2 N–H and O–H groups in total. The zero-order valence-corrected chi connectivity index (χ0v) is 8.90. The van der Waals surface area contributed by atoms with Crippen LogP contribution in [0.25, 0.3) is 0 Å². The van der Waals surface area contributed by atoms with Crippen LogP contribution in [0.4, 0.5) is 0 Å². The van der Waals surface area contributed by atoms with E-state index >= 15 is 0 Å². The lowest BCUT2D eigenvalue weighted by Gasteiger charge is -2.21. The van der Waals surface area contributed by atoms with Gasteiger partial charge in [0.15, 0.2) is 5.17 Å². The van der Waals surface area contributed by atoms with Gasteiger partial charge < -0.3 is 10.6 Å². The Morgan fingerprint density at radius 2 is 2.57 bits per heavy atom. The van der Waals surface area contributed by atoms with Crippen molar-refractivity contribution in [1.82, 2.24) is 10.6 Å². The molecule has 4 nitrogen and oxygen atoms in total. The first kappa shape index (κ1) is 9.98. The third kappa shape index (κ3) is 2.48. The van der Waals surface area contributed by atoms with Crippen molar-refractivity contribution < 1.29 is 4.79 Å². The highest BCUT2D eigenvalue weighted by atomic mass is 32.2. The largest absolute Gasteiger partial charge is 0.316 e. The van der Waals surface area contributed by atoms with Crippen molar-refractivity contribution in [2.24, 2.45) is 10.9 Å². The molecule has 0 bridgehead atoms.